The Balaban J connectivity index is 2.80. The number of para-hydroxylation sites is 1. The second-order valence-electron chi connectivity index (χ2n) is 4.36. The molecule has 0 heterocycles. The molecule has 0 fully saturated rings. The quantitative estimate of drug-likeness (QED) is 0.813. The maximum absolute atomic E-state index is 11.9. The molecule has 0 aliphatic carbocycles. The third-order valence-electron chi connectivity index (χ3n) is 2.94. The predicted octanol–water partition coefficient (Wildman–Crippen LogP) is 2.69. The molecule has 1 rings (SSSR count). The van der Waals surface area contributed by atoms with Crippen LogP contribution in [0, 0.1) is 12.8 Å². The van der Waals surface area contributed by atoms with E-state index in [1.807, 2.05) is 13.8 Å². The highest BCUT2D eigenvalue weighted by Gasteiger charge is 2.17. The molecule has 2 N–H and O–H groups in total. The molecule has 3 nitrogen and oxygen atoms in total. The summed E-state index contributed by atoms with van der Waals surface area (Å²) in [5.41, 5.74) is 0.995. The maximum Gasteiger partial charge on any atom is 0.255 e. The molecule has 17 heavy (non-hydrogen) atoms. The Morgan fingerprint density at radius 1 is 1.47 bits per heavy atom. The summed E-state index contributed by atoms with van der Waals surface area (Å²) in [5, 5.41) is 12.6. The Morgan fingerprint density at radius 2 is 2.12 bits per heavy atom. The van der Waals surface area contributed by atoms with Gasteiger partial charge < -0.3 is 10.4 Å². The van der Waals surface area contributed by atoms with Gasteiger partial charge in [-0.25, -0.2) is 0 Å². The second kappa shape index (κ2) is 5.92. The first-order chi connectivity index (χ1) is 7.97. The van der Waals surface area contributed by atoms with Crippen molar-refractivity contribution in [3.05, 3.63) is 29.3 Å². The molecule has 0 aliphatic rings. The van der Waals surface area contributed by atoms with E-state index in [9.17, 15) is 9.90 Å². The monoisotopic (exact) mass is 255 g/mol. The van der Waals surface area contributed by atoms with E-state index in [-0.39, 0.29) is 23.6 Å². The predicted molar refractivity (Wildman–Crippen MR) is 69.7 cm³/mol. The SMILES string of the molecule is Cc1cccc(C(=O)NC(C)C(C)CCl)c1O. The van der Waals surface area contributed by atoms with Crippen LogP contribution in [0.1, 0.15) is 29.8 Å². The Morgan fingerprint density at radius 3 is 2.71 bits per heavy atom. The molecular weight excluding hydrogens is 238 g/mol. The average Bonchev–Trinajstić information content (AvgIpc) is 2.31. The van der Waals surface area contributed by atoms with E-state index in [1.54, 1.807) is 25.1 Å². The van der Waals surface area contributed by atoms with Gasteiger partial charge in [0.05, 0.1) is 5.56 Å². The molecule has 0 spiro atoms. The summed E-state index contributed by atoms with van der Waals surface area (Å²) in [4.78, 5) is 11.9. The van der Waals surface area contributed by atoms with Gasteiger partial charge in [-0.05, 0) is 31.4 Å². The zero-order valence-corrected chi connectivity index (χ0v) is 11.1. The van der Waals surface area contributed by atoms with Gasteiger partial charge in [-0.2, -0.15) is 0 Å². The van der Waals surface area contributed by atoms with Gasteiger partial charge in [0.25, 0.3) is 5.91 Å². The fraction of sp³-hybridized carbons (Fsp3) is 0.462. The number of carbonyl (C=O) groups is 1. The number of hydrogen-bond donors (Lipinski definition) is 2. The van der Waals surface area contributed by atoms with Crippen molar-refractivity contribution >= 4 is 17.5 Å². The number of rotatable bonds is 4. The molecule has 0 aromatic heterocycles. The number of alkyl halides is 1. The second-order valence-corrected chi connectivity index (χ2v) is 4.67. The summed E-state index contributed by atoms with van der Waals surface area (Å²) < 4.78 is 0. The Bertz CT molecular complexity index is 406. The molecule has 2 unspecified atom stereocenters. The van der Waals surface area contributed by atoms with Gasteiger partial charge in [-0.15, -0.1) is 11.6 Å². The Labute approximate surface area is 107 Å². The summed E-state index contributed by atoms with van der Waals surface area (Å²) in [7, 11) is 0. The van der Waals surface area contributed by atoms with Crippen LogP contribution < -0.4 is 5.32 Å². The minimum Gasteiger partial charge on any atom is -0.507 e. The normalized spacial score (nSPS) is 14.1. The van der Waals surface area contributed by atoms with Crippen molar-refractivity contribution in [2.45, 2.75) is 26.8 Å². The molecule has 0 radical (unpaired) electrons. The molecule has 0 saturated heterocycles. The number of phenolic OH excluding ortho intramolecular Hbond substituents is 1. The van der Waals surface area contributed by atoms with Crippen LogP contribution >= 0.6 is 11.6 Å². The zero-order chi connectivity index (χ0) is 13.0. The van der Waals surface area contributed by atoms with E-state index < -0.39 is 0 Å². The largest absolute Gasteiger partial charge is 0.507 e. The first-order valence-electron chi connectivity index (χ1n) is 5.62. The number of benzene rings is 1. The lowest BCUT2D eigenvalue weighted by Crippen LogP contribution is -2.37. The summed E-state index contributed by atoms with van der Waals surface area (Å²) in [6.45, 7) is 5.63. The van der Waals surface area contributed by atoms with Crippen LogP contribution in [0.2, 0.25) is 0 Å². The molecule has 2 atom stereocenters. The summed E-state index contributed by atoms with van der Waals surface area (Å²) in [5.74, 6) is 0.445. The molecule has 0 saturated carbocycles. The first kappa shape index (κ1) is 13.8. The van der Waals surface area contributed by atoms with Gasteiger partial charge in [-0.1, -0.05) is 19.1 Å². The van der Waals surface area contributed by atoms with Crippen LogP contribution in [0.15, 0.2) is 18.2 Å². The van der Waals surface area contributed by atoms with Crippen molar-refractivity contribution in [3.63, 3.8) is 0 Å². The number of aromatic hydroxyl groups is 1. The van der Waals surface area contributed by atoms with Gasteiger partial charge in [0.1, 0.15) is 5.75 Å². The molecule has 4 heteroatoms. The van der Waals surface area contributed by atoms with Gasteiger partial charge in [-0.3, -0.25) is 4.79 Å². The highest BCUT2D eigenvalue weighted by atomic mass is 35.5. The number of aryl methyl sites for hydroxylation is 1. The van der Waals surface area contributed by atoms with E-state index in [0.717, 1.165) is 0 Å². The molecule has 0 aliphatic heterocycles. The standard InChI is InChI=1S/C13H18ClNO2/c1-8-5-4-6-11(12(8)16)13(17)15-10(3)9(2)7-14/h4-6,9-10,16H,7H2,1-3H3,(H,15,17). The summed E-state index contributed by atoms with van der Waals surface area (Å²) in [6.07, 6.45) is 0. The number of hydrogen-bond acceptors (Lipinski definition) is 2. The smallest absolute Gasteiger partial charge is 0.255 e. The lowest BCUT2D eigenvalue weighted by molar-refractivity contribution is 0.0928. The zero-order valence-electron chi connectivity index (χ0n) is 10.3. The molecule has 1 amide bonds. The van der Waals surface area contributed by atoms with Crippen molar-refractivity contribution in [1.29, 1.82) is 0 Å². The van der Waals surface area contributed by atoms with Crippen molar-refractivity contribution < 1.29 is 9.90 Å². The van der Waals surface area contributed by atoms with E-state index in [4.69, 9.17) is 11.6 Å². The van der Waals surface area contributed by atoms with Crippen LogP contribution in [0.25, 0.3) is 0 Å². The fourth-order valence-corrected chi connectivity index (χ4v) is 1.67. The molecule has 0 bridgehead atoms. The van der Waals surface area contributed by atoms with Crippen molar-refractivity contribution in [2.24, 2.45) is 5.92 Å². The number of halogens is 1. The van der Waals surface area contributed by atoms with Crippen LogP contribution in [0.3, 0.4) is 0 Å². The maximum atomic E-state index is 11.9. The van der Waals surface area contributed by atoms with Crippen LogP contribution in [-0.2, 0) is 0 Å². The van der Waals surface area contributed by atoms with Gasteiger partial charge in [0, 0.05) is 11.9 Å². The third-order valence-corrected chi connectivity index (χ3v) is 3.42. The van der Waals surface area contributed by atoms with E-state index >= 15 is 0 Å². The highest BCUT2D eigenvalue weighted by molar-refractivity contribution is 6.18. The minimum atomic E-state index is -0.268. The first-order valence-corrected chi connectivity index (χ1v) is 6.16. The fourth-order valence-electron chi connectivity index (χ4n) is 1.40. The van der Waals surface area contributed by atoms with E-state index in [0.29, 0.717) is 17.0 Å². The van der Waals surface area contributed by atoms with Gasteiger partial charge in [0.2, 0.25) is 0 Å². The number of carbonyl (C=O) groups excluding carboxylic acids is 1. The van der Waals surface area contributed by atoms with Crippen LogP contribution in [-0.4, -0.2) is 22.9 Å². The Hall–Kier alpha value is -1.22. The van der Waals surface area contributed by atoms with Crippen molar-refractivity contribution in [1.82, 2.24) is 5.32 Å². The molecular formula is C13H18ClNO2. The van der Waals surface area contributed by atoms with Gasteiger partial charge >= 0.3 is 0 Å². The number of nitrogens with one attached hydrogen (secondary N) is 1. The van der Waals surface area contributed by atoms with Crippen LogP contribution in [0.4, 0.5) is 0 Å². The highest BCUT2D eigenvalue weighted by Crippen LogP contribution is 2.21. The van der Waals surface area contributed by atoms with Crippen LogP contribution in [0.5, 0.6) is 5.75 Å². The van der Waals surface area contributed by atoms with E-state index in [2.05, 4.69) is 5.32 Å². The van der Waals surface area contributed by atoms with E-state index in [1.165, 1.54) is 0 Å². The molecule has 94 valence electrons. The number of amides is 1. The topological polar surface area (TPSA) is 49.3 Å². The molecule has 1 aromatic rings. The number of phenols is 1. The lowest BCUT2D eigenvalue weighted by Gasteiger charge is -2.19. The minimum absolute atomic E-state index is 0.0279. The van der Waals surface area contributed by atoms with Crippen molar-refractivity contribution in [3.8, 4) is 5.75 Å². The Kier molecular flexibility index (Phi) is 4.82. The van der Waals surface area contributed by atoms with Crippen molar-refractivity contribution in [2.75, 3.05) is 5.88 Å². The summed E-state index contributed by atoms with van der Waals surface area (Å²) in [6, 6.07) is 5.09. The molecule has 1 aromatic carbocycles. The lowest BCUT2D eigenvalue weighted by atomic mass is 10.0. The average molecular weight is 256 g/mol. The third kappa shape index (κ3) is 3.37. The van der Waals surface area contributed by atoms with Gasteiger partial charge in [0.15, 0.2) is 0 Å². The summed E-state index contributed by atoms with van der Waals surface area (Å²) >= 11 is 5.73.